The second-order valence-corrected chi connectivity index (χ2v) is 6.00. The number of primary amides is 1. The number of sulfonamides is 1. The summed E-state index contributed by atoms with van der Waals surface area (Å²) in [6.45, 7) is 1.18. The molecule has 0 unspecified atom stereocenters. The van der Waals surface area contributed by atoms with Crippen LogP contribution >= 0.6 is 0 Å². The molecule has 1 aromatic carbocycles. The third-order valence-electron chi connectivity index (χ3n) is 2.84. The fourth-order valence-electron chi connectivity index (χ4n) is 1.81. The van der Waals surface area contributed by atoms with Crippen LogP contribution in [-0.2, 0) is 14.8 Å². The number of aromatic hydroxyl groups is 1. The largest absolute Gasteiger partial charge is 0.507 e. The van der Waals surface area contributed by atoms with Crippen LogP contribution < -0.4 is 5.73 Å². The molecule has 0 atom stereocenters. The molecule has 0 aromatic heterocycles. The summed E-state index contributed by atoms with van der Waals surface area (Å²) in [6, 6.07) is 3.47. The van der Waals surface area contributed by atoms with E-state index in [0.717, 1.165) is 12.1 Å². The molecule has 1 aliphatic rings. The van der Waals surface area contributed by atoms with Crippen LogP contribution in [0.3, 0.4) is 0 Å². The Morgan fingerprint density at radius 3 is 2.53 bits per heavy atom. The second-order valence-electron chi connectivity index (χ2n) is 4.06. The predicted octanol–water partition coefficient (Wildman–Crippen LogP) is -0.488. The molecule has 3 N–H and O–H groups in total. The van der Waals surface area contributed by atoms with Crippen LogP contribution in [0.4, 0.5) is 0 Å². The van der Waals surface area contributed by atoms with Gasteiger partial charge in [-0.3, -0.25) is 4.79 Å². The lowest BCUT2D eigenvalue weighted by Crippen LogP contribution is -2.40. The van der Waals surface area contributed by atoms with Crippen LogP contribution in [0.2, 0.25) is 0 Å². The molecule has 1 saturated heterocycles. The number of rotatable bonds is 3. The Hall–Kier alpha value is -1.64. The van der Waals surface area contributed by atoms with Crippen molar-refractivity contribution in [1.29, 1.82) is 0 Å². The van der Waals surface area contributed by atoms with Crippen molar-refractivity contribution in [2.75, 3.05) is 26.3 Å². The second kappa shape index (κ2) is 5.16. The lowest BCUT2D eigenvalue weighted by atomic mass is 10.2. The van der Waals surface area contributed by atoms with Crippen molar-refractivity contribution >= 4 is 15.9 Å². The highest BCUT2D eigenvalue weighted by atomic mass is 32.2. The molecule has 0 bridgehead atoms. The Labute approximate surface area is 110 Å². The van der Waals surface area contributed by atoms with Gasteiger partial charge in [0.2, 0.25) is 10.0 Å². The van der Waals surface area contributed by atoms with Crippen LogP contribution in [-0.4, -0.2) is 50.0 Å². The zero-order chi connectivity index (χ0) is 14.0. The highest BCUT2D eigenvalue weighted by Gasteiger charge is 2.27. The molecule has 0 saturated carbocycles. The van der Waals surface area contributed by atoms with Gasteiger partial charge < -0.3 is 15.6 Å². The molecule has 1 aliphatic heterocycles. The summed E-state index contributed by atoms with van der Waals surface area (Å²) >= 11 is 0. The monoisotopic (exact) mass is 286 g/mol. The SMILES string of the molecule is NC(=O)c1cc(S(=O)(=O)N2CCOCC2)ccc1O. The third-order valence-corrected chi connectivity index (χ3v) is 4.74. The van der Waals surface area contributed by atoms with Gasteiger partial charge in [0.25, 0.3) is 5.91 Å². The minimum Gasteiger partial charge on any atom is -0.507 e. The molecule has 1 fully saturated rings. The first kappa shape index (κ1) is 13.8. The summed E-state index contributed by atoms with van der Waals surface area (Å²) < 4.78 is 31.0. The fourth-order valence-corrected chi connectivity index (χ4v) is 3.24. The molecule has 7 nitrogen and oxygen atoms in total. The number of hydrogen-bond acceptors (Lipinski definition) is 5. The topological polar surface area (TPSA) is 110 Å². The molecule has 0 aliphatic carbocycles. The number of ether oxygens (including phenoxy) is 1. The van der Waals surface area contributed by atoms with E-state index in [4.69, 9.17) is 10.5 Å². The van der Waals surface area contributed by atoms with E-state index in [9.17, 15) is 18.3 Å². The van der Waals surface area contributed by atoms with Crippen molar-refractivity contribution < 1.29 is 23.1 Å². The standard InChI is InChI=1S/C11H14N2O5S/c12-11(15)9-7-8(1-2-10(9)14)19(16,17)13-3-5-18-6-4-13/h1-2,7,14H,3-6H2,(H2,12,15). The van der Waals surface area contributed by atoms with E-state index in [1.54, 1.807) is 0 Å². The number of hydrogen-bond donors (Lipinski definition) is 2. The van der Waals surface area contributed by atoms with Gasteiger partial charge in [-0.2, -0.15) is 4.31 Å². The summed E-state index contributed by atoms with van der Waals surface area (Å²) in [5.74, 6) is -1.22. The number of carbonyl (C=O) groups is 1. The summed E-state index contributed by atoms with van der Waals surface area (Å²) in [7, 11) is -3.70. The number of phenols is 1. The van der Waals surface area contributed by atoms with E-state index in [2.05, 4.69) is 0 Å². The van der Waals surface area contributed by atoms with E-state index in [1.165, 1.54) is 10.4 Å². The van der Waals surface area contributed by atoms with Gasteiger partial charge in [0.05, 0.1) is 23.7 Å². The maximum atomic E-state index is 12.3. The zero-order valence-electron chi connectivity index (χ0n) is 10.1. The van der Waals surface area contributed by atoms with E-state index in [1.807, 2.05) is 0 Å². The maximum absolute atomic E-state index is 12.3. The number of carbonyl (C=O) groups excluding carboxylic acids is 1. The molecular weight excluding hydrogens is 272 g/mol. The van der Waals surface area contributed by atoms with Crippen molar-refractivity contribution in [1.82, 2.24) is 4.31 Å². The molecule has 104 valence electrons. The minimum absolute atomic E-state index is 0.0685. The van der Waals surface area contributed by atoms with Crippen LogP contribution in [0, 0.1) is 0 Å². The lowest BCUT2D eigenvalue weighted by Gasteiger charge is -2.26. The Morgan fingerprint density at radius 1 is 1.32 bits per heavy atom. The van der Waals surface area contributed by atoms with Gasteiger partial charge in [0, 0.05) is 13.1 Å². The van der Waals surface area contributed by atoms with Crippen LogP contribution in [0.1, 0.15) is 10.4 Å². The fraction of sp³-hybridized carbons (Fsp3) is 0.364. The predicted molar refractivity (Wildman–Crippen MR) is 66.2 cm³/mol. The quantitative estimate of drug-likeness (QED) is 0.779. The van der Waals surface area contributed by atoms with Crippen LogP contribution in [0.5, 0.6) is 5.75 Å². The molecule has 1 heterocycles. The van der Waals surface area contributed by atoms with Crippen molar-refractivity contribution in [3.05, 3.63) is 23.8 Å². The van der Waals surface area contributed by atoms with Gasteiger partial charge in [-0.1, -0.05) is 0 Å². The first-order chi connectivity index (χ1) is 8.93. The zero-order valence-corrected chi connectivity index (χ0v) is 10.9. The van der Waals surface area contributed by atoms with Crippen LogP contribution in [0.15, 0.2) is 23.1 Å². The number of morpholine rings is 1. The average Bonchev–Trinajstić information content (AvgIpc) is 2.39. The molecule has 1 amide bonds. The van der Waals surface area contributed by atoms with Gasteiger partial charge in [0.15, 0.2) is 0 Å². The molecule has 1 aromatic rings. The molecule has 0 spiro atoms. The van der Waals surface area contributed by atoms with E-state index >= 15 is 0 Å². The third kappa shape index (κ3) is 2.70. The van der Waals surface area contributed by atoms with Gasteiger partial charge >= 0.3 is 0 Å². The van der Waals surface area contributed by atoms with Gasteiger partial charge in [0.1, 0.15) is 5.75 Å². The van der Waals surface area contributed by atoms with Crippen molar-refractivity contribution in [2.45, 2.75) is 4.90 Å². The summed E-state index contributed by atoms with van der Waals surface area (Å²) in [6.07, 6.45) is 0. The Morgan fingerprint density at radius 2 is 1.95 bits per heavy atom. The highest BCUT2D eigenvalue weighted by Crippen LogP contribution is 2.23. The Bertz CT molecular complexity index is 593. The normalized spacial score (nSPS) is 17.3. The van der Waals surface area contributed by atoms with Gasteiger partial charge in [-0.15, -0.1) is 0 Å². The first-order valence-corrected chi connectivity index (χ1v) is 7.07. The number of amides is 1. The summed E-state index contributed by atoms with van der Waals surface area (Å²) in [5.41, 5.74) is 4.86. The minimum atomic E-state index is -3.70. The van der Waals surface area contributed by atoms with Gasteiger partial charge in [-0.25, -0.2) is 8.42 Å². The number of nitrogens with two attached hydrogens (primary N) is 1. The lowest BCUT2D eigenvalue weighted by molar-refractivity contribution is 0.0730. The van der Waals surface area contributed by atoms with E-state index < -0.39 is 15.9 Å². The smallest absolute Gasteiger partial charge is 0.252 e. The molecular formula is C11H14N2O5S. The molecule has 0 radical (unpaired) electrons. The van der Waals surface area contributed by atoms with E-state index in [0.29, 0.717) is 13.2 Å². The van der Waals surface area contributed by atoms with Crippen molar-refractivity contribution in [3.8, 4) is 5.75 Å². The molecule has 8 heteroatoms. The Balaban J connectivity index is 2.40. The summed E-state index contributed by atoms with van der Waals surface area (Å²) in [4.78, 5) is 11.0. The average molecular weight is 286 g/mol. The summed E-state index contributed by atoms with van der Waals surface area (Å²) in [5, 5.41) is 9.45. The van der Waals surface area contributed by atoms with Crippen LogP contribution in [0.25, 0.3) is 0 Å². The number of nitrogens with zero attached hydrogens (tertiary/aromatic N) is 1. The Kier molecular flexibility index (Phi) is 3.74. The van der Waals surface area contributed by atoms with Crippen molar-refractivity contribution in [2.24, 2.45) is 5.73 Å². The first-order valence-electron chi connectivity index (χ1n) is 5.63. The molecule has 19 heavy (non-hydrogen) atoms. The van der Waals surface area contributed by atoms with Crippen molar-refractivity contribution in [3.63, 3.8) is 0 Å². The highest BCUT2D eigenvalue weighted by molar-refractivity contribution is 7.89. The molecule has 2 rings (SSSR count). The maximum Gasteiger partial charge on any atom is 0.252 e. The number of benzene rings is 1. The van der Waals surface area contributed by atoms with Gasteiger partial charge in [-0.05, 0) is 18.2 Å². The van der Waals surface area contributed by atoms with E-state index in [-0.39, 0.29) is 29.3 Å².